The molecule has 2 unspecified atom stereocenters. The zero-order chi connectivity index (χ0) is 15.8. The standard InChI is InChI=1S/C14H20O7/c1-9-13(17)20-8-7-10(12(15)16)5-3-4-6-11(19-2)21-14(9)18/h10-11H,1,3-8H2,2H3,(H,15,16). The topological polar surface area (TPSA) is 99.1 Å². The van der Waals surface area contributed by atoms with Crippen molar-refractivity contribution in [2.24, 2.45) is 5.92 Å². The molecule has 0 aromatic rings. The molecule has 7 heteroatoms. The first-order valence-electron chi connectivity index (χ1n) is 6.78. The molecule has 1 N–H and O–H groups in total. The van der Waals surface area contributed by atoms with Gasteiger partial charge in [0.05, 0.1) is 12.5 Å². The number of hydrogen-bond acceptors (Lipinski definition) is 6. The fourth-order valence-corrected chi connectivity index (χ4v) is 1.97. The maximum absolute atomic E-state index is 11.7. The highest BCUT2D eigenvalue weighted by atomic mass is 16.7. The summed E-state index contributed by atoms with van der Waals surface area (Å²) >= 11 is 0. The highest BCUT2D eigenvalue weighted by molar-refractivity contribution is 6.13. The predicted molar refractivity (Wildman–Crippen MR) is 71.2 cm³/mol. The van der Waals surface area contributed by atoms with Gasteiger partial charge in [0, 0.05) is 13.5 Å². The minimum Gasteiger partial charge on any atom is -0.481 e. The number of carboxylic acid groups (broad SMARTS) is 1. The zero-order valence-corrected chi connectivity index (χ0v) is 12.0. The van der Waals surface area contributed by atoms with E-state index in [9.17, 15) is 14.4 Å². The van der Waals surface area contributed by atoms with Crippen LogP contribution in [0.5, 0.6) is 0 Å². The third kappa shape index (κ3) is 5.55. The van der Waals surface area contributed by atoms with Gasteiger partial charge in [-0.15, -0.1) is 0 Å². The molecule has 1 aliphatic heterocycles. The molecule has 0 aromatic heterocycles. The van der Waals surface area contributed by atoms with E-state index in [0.29, 0.717) is 25.7 Å². The van der Waals surface area contributed by atoms with Crippen molar-refractivity contribution in [3.05, 3.63) is 12.2 Å². The van der Waals surface area contributed by atoms with Gasteiger partial charge in [0.1, 0.15) is 5.57 Å². The van der Waals surface area contributed by atoms with Crippen molar-refractivity contribution in [2.75, 3.05) is 13.7 Å². The largest absolute Gasteiger partial charge is 0.481 e. The molecule has 7 nitrogen and oxygen atoms in total. The van der Waals surface area contributed by atoms with Gasteiger partial charge in [-0.1, -0.05) is 13.0 Å². The van der Waals surface area contributed by atoms with Gasteiger partial charge < -0.3 is 19.3 Å². The molecule has 0 saturated carbocycles. The Hall–Kier alpha value is -1.89. The summed E-state index contributed by atoms with van der Waals surface area (Å²) in [5, 5.41) is 9.10. The lowest BCUT2D eigenvalue weighted by Crippen LogP contribution is -2.24. The summed E-state index contributed by atoms with van der Waals surface area (Å²) in [5.41, 5.74) is -0.428. The lowest BCUT2D eigenvalue weighted by Gasteiger charge is -2.16. The van der Waals surface area contributed by atoms with Crippen molar-refractivity contribution in [2.45, 2.75) is 38.4 Å². The molecule has 0 amide bonds. The van der Waals surface area contributed by atoms with Crippen LogP contribution >= 0.6 is 0 Å². The molecule has 1 saturated heterocycles. The summed E-state index contributed by atoms with van der Waals surface area (Å²) < 4.78 is 14.8. The number of hydrogen-bond donors (Lipinski definition) is 1. The fraction of sp³-hybridized carbons (Fsp3) is 0.643. The lowest BCUT2D eigenvalue weighted by atomic mass is 9.98. The molecule has 118 valence electrons. The van der Waals surface area contributed by atoms with Crippen LogP contribution in [0.4, 0.5) is 0 Å². The highest BCUT2D eigenvalue weighted by Crippen LogP contribution is 2.18. The van der Waals surface area contributed by atoms with Crippen LogP contribution in [0.25, 0.3) is 0 Å². The minimum absolute atomic E-state index is 0.0736. The van der Waals surface area contributed by atoms with E-state index in [-0.39, 0.29) is 13.0 Å². The normalized spacial score (nSPS) is 25.9. The van der Waals surface area contributed by atoms with Gasteiger partial charge in [-0.3, -0.25) is 4.79 Å². The van der Waals surface area contributed by atoms with E-state index < -0.39 is 35.7 Å². The predicted octanol–water partition coefficient (Wildman–Crippen LogP) is 1.27. The summed E-state index contributed by atoms with van der Waals surface area (Å²) in [6, 6.07) is 0. The van der Waals surface area contributed by atoms with Gasteiger partial charge in [0.15, 0.2) is 0 Å². The van der Waals surface area contributed by atoms with Crippen molar-refractivity contribution in [3.8, 4) is 0 Å². The van der Waals surface area contributed by atoms with Gasteiger partial charge in [0.25, 0.3) is 0 Å². The van der Waals surface area contributed by atoms with E-state index in [1.165, 1.54) is 7.11 Å². The van der Waals surface area contributed by atoms with E-state index in [0.717, 1.165) is 0 Å². The average molecular weight is 300 g/mol. The Morgan fingerprint density at radius 1 is 1.24 bits per heavy atom. The van der Waals surface area contributed by atoms with E-state index in [4.69, 9.17) is 19.3 Å². The van der Waals surface area contributed by atoms with Gasteiger partial charge >= 0.3 is 17.9 Å². The number of methoxy groups -OCH3 is 1. The molecule has 0 radical (unpaired) electrons. The van der Waals surface area contributed by atoms with E-state index >= 15 is 0 Å². The van der Waals surface area contributed by atoms with Gasteiger partial charge in [-0.25, -0.2) is 9.59 Å². The number of cyclic esters (lactones) is 2. The second-order valence-electron chi connectivity index (χ2n) is 4.79. The molecular weight excluding hydrogens is 280 g/mol. The van der Waals surface area contributed by atoms with Crippen molar-refractivity contribution >= 4 is 17.9 Å². The Kier molecular flexibility index (Phi) is 6.87. The monoisotopic (exact) mass is 300 g/mol. The molecule has 0 spiro atoms. The Morgan fingerprint density at radius 3 is 2.52 bits per heavy atom. The summed E-state index contributed by atoms with van der Waals surface area (Å²) in [4.78, 5) is 34.4. The molecule has 21 heavy (non-hydrogen) atoms. The van der Waals surface area contributed by atoms with Crippen LogP contribution in [0.15, 0.2) is 12.2 Å². The zero-order valence-electron chi connectivity index (χ0n) is 12.0. The van der Waals surface area contributed by atoms with Crippen LogP contribution in [0.2, 0.25) is 0 Å². The molecule has 1 aliphatic rings. The fourth-order valence-electron chi connectivity index (χ4n) is 1.97. The number of carbonyl (C=O) groups is 3. The maximum Gasteiger partial charge on any atom is 0.347 e. The Bertz CT molecular complexity index is 416. The first-order chi connectivity index (χ1) is 9.95. The second kappa shape index (κ2) is 8.41. The van der Waals surface area contributed by atoms with Crippen LogP contribution in [0.3, 0.4) is 0 Å². The van der Waals surface area contributed by atoms with Crippen LogP contribution in [-0.2, 0) is 28.6 Å². The van der Waals surface area contributed by atoms with Crippen molar-refractivity contribution in [3.63, 3.8) is 0 Å². The van der Waals surface area contributed by atoms with Crippen LogP contribution in [0.1, 0.15) is 32.1 Å². The van der Waals surface area contributed by atoms with E-state index in [1.54, 1.807) is 0 Å². The smallest absolute Gasteiger partial charge is 0.347 e. The quantitative estimate of drug-likeness (QED) is 0.465. The average Bonchev–Trinajstić information content (AvgIpc) is 2.46. The maximum atomic E-state index is 11.7. The number of esters is 2. The van der Waals surface area contributed by atoms with Gasteiger partial charge in [-0.2, -0.15) is 0 Å². The van der Waals surface area contributed by atoms with Crippen LogP contribution in [-0.4, -0.2) is 43.0 Å². The summed E-state index contributed by atoms with van der Waals surface area (Å²) in [5.74, 6) is -3.29. The number of rotatable bonds is 2. The second-order valence-corrected chi connectivity index (χ2v) is 4.79. The molecule has 1 rings (SSSR count). The lowest BCUT2D eigenvalue weighted by molar-refractivity contribution is -0.171. The van der Waals surface area contributed by atoms with Crippen molar-refractivity contribution in [1.29, 1.82) is 0 Å². The molecule has 0 aliphatic carbocycles. The number of carbonyl (C=O) groups excluding carboxylic acids is 2. The van der Waals surface area contributed by atoms with Crippen molar-refractivity contribution in [1.82, 2.24) is 0 Å². The molecule has 1 fully saturated rings. The van der Waals surface area contributed by atoms with Crippen LogP contribution < -0.4 is 0 Å². The summed E-state index contributed by atoms with van der Waals surface area (Å²) in [6.45, 7) is 3.26. The van der Waals surface area contributed by atoms with Gasteiger partial charge in [0.2, 0.25) is 6.29 Å². The first-order valence-corrected chi connectivity index (χ1v) is 6.78. The molecule has 1 heterocycles. The number of aliphatic carboxylic acids is 1. The van der Waals surface area contributed by atoms with E-state index in [1.807, 2.05) is 0 Å². The van der Waals surface area contributed by atoms with Gasteiger partial charge in [-0.05, 0) is 19.3 Å². The molecule has 2 atom stereocenters. The Balaban J connectivity index is 2.75. The Labute approximate surface area is 122 Å². The summed E-state index contributed by atoms with van der Waals surface area (Å²) in [6.07, 6.45) is 1.62. The minimum atomic E-state index is -0.921. The molecular formula is C14H20O7. The van der Waals surface area contributed by atoms with Crippen molar-refractivity contribution < 1.29 is 33.7 Å². The van der Waals surface area contributed by atoms with E-state index in [2.05, 4.69) is 6.58 Å². The SMILES string of the molecule is C=C1C(=O)OCCC(C(=O)O)CCCCC(OC)OC1=O. The first kappa shape index (κ1) is 17.2. The number of carboxylic acids is 1. The highest BCUT2D eigenvalue weighted by Gasteiger charge is 2.25. The Morgan fingerprint density at radius 2 is 1.90 bits per heavy atom. The molecule has 0 bridgehead atoms. The number of ether oxygens (including phenoxy) is 3. The summed E-state index contributed by atoms with van der Waals surface area (Å²) in [7, 11) is 1.39. The third-order valence-electron chi connectivity index (χ3n) is 3.29. The third-order valence-corrected chi connectivity index (χ3v) is 3.29. The molecule has 0 aromatic carbocycles. The van der Waals surface area contributed by atoms with Crippen LogP contribution in [0, 0.1) is 5.92 Å².